The molecule has 1 saturated carbocycles. The van der Waals surface area contributed by atoms with Gasteiger partial charge in [0.05, 0.1) is 4.92 Å². The van der Waals surface area contributed by atoms with Crippen molar-refractivity contribution in [2.45, 2.75) is 38.3 Å². The van der Waals surface area contributed by atoms with E-state index < -0.39 is 0 Å². The molecule has 1 fully saturated rings. The Labute approximate surface area is 132 Å². The van der Waals surface area contributed by atoms with E-state index in [1.807, 2.05) is 12.3 Å². The Balaban J connectivity index is 1.45. The first-order valence-electron chi connectivity index (χ1n) is 7.49. The molecule has 7 heteroatoms. The second kappa shape index (κ2) is 5.40. The number of aromatic nitrogens is 2. The average molecular weight is 316 g/mol. The number of rotatable bonds is 4. The molecule has 4 rings (SSSR count). The monoisotopic (exact) mass is 316 g/mol. The molecule has 0 unspecified atom stereocenters. The maximum Gasteiger partial charge on any atom is 0.324 e. The van der Waals surface area contributed by atoms with Gasteiger partial charge in [0.25, 0.3) is 0 Å². The van der Waals surface area contributed by atoms with Crippen LogP contribution in [0.4, 0.5) is 5.00 Å². The fourth-order valence-electron chi connectivity index (χ4n) is 2.83. The first kappa shape index (κ1) is 13.8. The van der Waals surface area contributed by atoms with Gasteiger partial charge < -0.3 is 0 Å². The van der Waals surface area contributed by atoms with E-state index in [0.717, 1.165) is 36.8 Å². The van der Waals surface area contributed by atoms with E-state index in [2.05, 4.69) is 9.88 Å². The molecule has 6 nitrogen and oxygen atoms in total. The molecule has 1 aliphatic heterocycles. The Bertz CT molecular complexity index is 726. The number of fused-ring (bicyclic) bond motifs is 1. The van der Waals surface area contributed by atoms with Gasteiger partial charge >= 0.3 is 5.00 Å². The molecule has 2 aromatic heterocycles. The molecule has 0 bridgehead atoms. The SMILES string of the molecule is O=[N+]([O-])c1ccc(CN2CCc3nc(C4CC4)ncc3C2)s1. The van der Waals surface area contributed by atoms with Gasteiger partial charge in [-0.2, -0.15) is 0 Å². The van der Waals surface area contributed by atoms with E-state index in [4.69, 9.17) is 4.98 Å². The summed E-state index contributed by atoms with van der Waals surface area (Å²) in [6.45, 7) is 2.52. The Morgan fingerprint density at radius 3 is 3.00 bits per heavy atom. The molecule has 0 spiro atoms. The van der Waals surface area contributed by atoms with Gasteiger partial charge in [-0.25, -0.2) is 9.97 Å². The second-order valence-corrected chi connectivity index (χ2v) is 7.08. The van der Waals surface area contributed by atoms with Crippen molar-refractivity contribution in [1.29, 1.82) is 0 Å². The van der Waals surface area contributed by atoms with Crippen molar-refractivity contribution in [3.8, 4) is 0 Å². The first-order chi connectivity index (χ1) is 10.7. The summed E-state index contributed by atoms with van der Waals surface area (Å²) in [7, 11) is 0. The highest BCUT2D eigenvalue weighted by molar-refractivity contribution is 7.15. The molecule has 2 aromatic rings. The topological polar surface area (TPSA) is 72.2 Å². The van der Waals surface area contributed by atoms with Crippen LogP contribution in [0.15, 0.2) is 18.3 Å². The van der Waals surface area contributed by atoms with Crippen LogP contribution in [0.2, 0.25) is 0 Å². The summed E-state index contributed by atoms with van der Waals surface area (Å²) in [6, 6.07) is 3.44. The van der Waals surface area contributed by atoms with Crippen molar-refractivity contribution in [2.75, 3.05) is 6.54 Å². The van der Waals surface area contributed by atoms with Crippen molar-refractivity contribution in [3.63, 3.8) is 0 Å². The summed E-state index contributed by atoms with van der Waals surface area (Å²) in [5.41, 5.74) is 2.38. The minimum Gasteiger partial charge on any atom is -0.293 e. The van der Waals surface area contributed by atoms with E-state index in [-0.39, 0.29) is 9.92 Å². The number of nitro groups is 1. The minimum atomic E-state index is -0.326. The van der Waals surface area contributed by atoms with Gasteiger partial charge in [-0.1, -0.05) is 11.3 Å². The van der Waals surface area contributed by atoms with Crippen molar-refractivity contribution in [1.82, 2.24) is 14.9 Å². The normalized spacial score (nSPS) is 18.2. The van der Waals surface area contributed by atoms with E-state index >= 15 is 0 Å². The zero-order chi connectivity index (χ0) is 15.1. The summed E-state index contributed by atoms with van der Waals surface area (Å²) in [5, 5.41) is 11.0. The smallest absolute Gasteiger partial charge is 0.293 e. The lowest BCUT2D eigenvalue weighted by atomic mass is 10.1. The van der Waals surface area contributed by atoms with Crippen LogP contribution in [0.5, 0.6) is 0 Å². The Morgan fingerprint density at radius 1 is 1.41 bits per heavy atom. The third-order valence-electron chi connectivity index (χ3n) is 4.18. The second-order valence-electron chi connectivity index (χ2n) is 5.93. The van der Waals surface area contributed by atoms with Crippen molar-refractivity contribution in [3.05, 3.63) is 50.4 Å². The van der Waals surface area contributed by atoms with Gasteiger partial charge in [-0.05, 0) is 18.9 Å². The zero-order valence-electron chi connectivity index (χ0n) is 12.1. The zero-order valence-corrected chi connectivity index (χ0v) is 12.9. The van der Waals surface area contributed by atoms with E-state index in [0.29, 0.717) is 5.92 Å². The van der Waals surface area contributed by atoms with Gasteiger partial charge in [0.15, 0.2) is 0 Å². The molecule has 2 aliphatic rings. The van der Waals surface area contributed by atoms with Gasteiger partial charge in [-0.3, -0.25) is 15.0 Å². The van der Waals surface area contributed by atoms with Crippen molar-refractivity contribution in [2.24, 2.45) is 0 Å². The van der Waals surface area contributed by atoms with Crippen molar-refractivity contribution < 1.29 is 4.92 Å². The maximum absolute atomic E-state index is 10.7. The van der Waals surface area contributed by atoms with Gasteiger partial charge in [-0.15, -0.1) is 0 Å². The predicted molar refractivity (Wildman–Crippen MR) is 82.8 cm³/mol. The van der Waals surface area contributed by atoms with Crippen LogP contribution in [-0.2, 0) is 19.5 Å². The summed E-state index contributed by atoms with van der Waals surface area (Å²) in [5.74, 6) is 1.61. The average Bonchev–Trinajstić information content (AvgIpc) is 3.26. The van der Waals surface area contributed by atoms with Crippen LogP contribution in [0.3, 0.4) is 0 Å². The molecule has 3 heterocycles. The summed E-state index contributed by atoms with van der Waals surface area (Å²) in [4.78, 5) is 23.0. The largest absolute Gasteiger partial charge is 0.324 e. The van der Waals surface area contributed by atoms with Crippen LogP contribution < -0.4 is 0 Å². The highest BCUT2D eigenvalue weighted by Gasteiger charge is 2.28. The Kier molecular flexibility index (Phi) is 3.38. The lowest BCUT2D eigenvalue weighted by Gasteiger charge is -2.27. The quantitative estimate of drug-likeness (QED) is 0.640. The molecular formula is C15H16N4O2S. The summed E-state index contributed by atoms with van der Waals surface area (Å²) < 4.78 is 0. The van der Waals surface area contributed by atoms with E-state index in [1.54, 1.807) is 6.07 Å². The highest BCUT2D eigenvalue weighted by Crippen LogP contribution is 2.38. The number of thiophene rings is 1. The van der Waals surface area contributed by atoms with Gasteiger partial charge in [0.1, 0.15) is 5.82 Å². The maximum atomic E-state index is 10.7. The standard InChI is InChI=1S/C15H16N4O2S/c20-19(21)14-4-3-12(22-14)9-18-6-5-13-11(8-18)7-16-15(17-13)10-1-2-10/h3-4,7,10H,1-2,5-6,8-9H2. The molecule has 0 saturated heterocycles. The lowest BCUT2D eigenvalue weighted by Crippen LogP contribution is -2.30. The molecule has 1 aliphatic carbocycles. The first-order valence-corrected chi connectivity index (χ1v) is 8.31. The molecule has 0 N–H and O–H groups in total. The Hall–Kier alpha value is -1.86. The summed E-state index contributed by atoms with van der Waals surface area (Å²) in [6.07, 6.45) is 5.36. The molecule has 0 amide bonds. The van der Waals surface area contributed by atoms with Crippen LogP contribution in [0, 0.1) is 10.1 Å². The fourth-order valence-corrected chi connectivity index (χ4v) is 3.70. The molecule has 0 aromatic carbocycles. The molecular weight excluding hydrogens is 300 g/mol. The van der Waals surface area contributed by atoms with Crippen molar-refractivity contribution >= 4 is 16.3 Å². The van der Waals surface area contributed by atoms with Crippen LogP contribution in [0.25, 0.3) is 0 Å². The third kappa shape index (κ3) is 2.74. The molecule has 0 atom stereocenters. The summed E-state index contributed by atoms with van der Waals surface area (Å²) >= 11 is 1.26. The number of hydrogen-bond acceptors (Lipinski definition) is 6. The molecule has 114 valence electrons. The van der Waals surface area contributed by atoms with Crippen LogP contribution in [-0.4, -0.2) is 26.3 Å². The molecule has 0 radical (unpaired) electrons. The van der Waals surface area contributed by atoms with Crippen LogP contribution >= 0.6 is 11.3 Å². The Morgan fingerprint density at radius 2 is 2.27 bits per heavy atom. The third-order valence-corrected chi connectivity index (χ3v) is 5.20. The lowest BCUT2D eigenvalue weighted by molar-refractivity contribution is -0.380. The fraction of sp³-hybridized carbons (Fsp3) is 0.467. The number of hydrogen-bond donors (Lipinski definition) is 0. The van der Waals surface area contributed by atoms with Crippen LogP contribution in [0.1, 0.15) is 40.7 Å². The van der Waals surface area contributed by atoms with Gasteiger partial charge in [0, 0.05) is 60.4 Å². The van der Waals surface area contributed by atoms with Gasteiger partial charge in [0.2, 0.25) is 0 Å². The van der Waals surface area contributed by atoms with E-state index in [1.165, 1.54) is 35.4 Å². The number of nitrogens with zero attached hydrogens (tertiary/aromatic N) is 4. The predicted octanol–water partition coefficient (Wildman–Crippen LogP) is 2.88. The highest BCUT2D eigenvalue weighted by atomic mass is 32.1. The van der Waals surface area contributed by atoms with E-state index in [9.17, 15) is 10.1 Å². The minimum absolute atomic E-state index is 0.213. The molecule has 22 heavy (non-hydrogen) atoms.